The van der Waals surface area contributed by atoms with Crippen LogP contribution in [0.2, 0.25) is 0 Å². The van der Waals surface area contributed by atoms with E-state index < -0.39 is 22.8 Å². The van der Waals surface area contributed by atoms with Crippen LogP contribution in [0.15, 0.2) is 35.1 Å². The van der Waals surface area contributed by atoms with Crippen molar-refractivity contribution >= 4 is 11.9 Å². The Morgan fingerprint density at radius 3 is 2.54 bits per heavy atom. The van der Waals surface area contributed by atoms with Gasteiger partial charge in [0.25, 0.3) is 0 Å². The Labute approximate surface area is 136 Å². The fourth-order valence-electron chi connectivity index (χ4n) is 3.77. The van der Waals surface area contributed by atoms with E-state index in [9.17, 15) is 19.8 Å². The molecule has 0 amide bonds. The molecule has 2 aromatic rings. The summed E-state index contributed by atoms with van der Waals surface area (Å²) in [6.07, 6.45) is 3.53. The molecule has 2 N–H and O–H groups in total. The van der Waals surface area contributed by atoms with Gasteiger partial charge in [0.2, 0.25) is 0 Å². The van der Waals surface area contributed by atoms with Crippen LogP contribution in [-0.4, -0.2) is 50.3 Å². The number of nitrogens with zero attached hydrogens (tertiary/aromatic N) is 3. The number of carboxylic acids is 2. The molecule has 2 atom stereocenters. The number of pyridine rings is 1. The zero-order chi connectivity index (χ0) is 16.9. The second kappa shape index (κ2) is 4.88. The average molecular weight is 329 g/mol. The first-order valence-corrected chi connectivity index (χ1v) is 7.52. The van der Waals surface area contributed by atoms with E-state index in [1.54, 1.807) is 29.4 Å². The zero-order valence-electron chi connectivity index (χ0n) is 12.7. The first kappa shape index (κ1) is 14.8. The van der Waals surface area contributed by atoms with Gasteiger partial charge in [-0.05, 0) is 18.6 Å². The fourth-order valence-corrected chi connectivity index (χ4v) is 3.77. The number of carbonyl (C=O) groups is 2. The summed E-state index contributed by atoms with van der Waals surface area (Å²) in [6.45, 7) is 0.743. The number of carboxylic acid groups (broad SMARTS) is 2. The molecule has 1 aliphatic heterocycles. The first-order valence-electron chi connectivity index (χ1n) is 7.52. The van der Waals surface area contributed by atoms with Gasteiger partial charge in [-0.1, -0.05) is 5.16 Å². The zero-order valence-corrected chi connectivity index (χ0v) is 12.7. The molecule has 8 nitrogen and oxygen atoms in total. The van der Waals surface area contributed by atoms with Crippen molar-refractivity contribution in [1.29, 1.82) is 0 Å². The van der Waals surface area contributed by atoms with E-state index in [2.05, 4.69) is 10.1 Å². The summed E-state index contributed by atoms with van der Waals surface area (Å²) in [5.41, 5.74) is -0.889. The van der Waals surface area contributed by atoms with E-state index in [4.69, 9.17) is 4.52 Å². The molecule has 0 unspecified atom stereocenters. The third-order valence-corrected chi connectivity index (χ3v) is 5.10. The lowest BCUT2D eigenvalue weighted by molar-refractivity contribution is -0.151. The van der Waals surface area contributed by atoms with Gasteiger partial charge in [0, 0.05) is 37.1 Å². The van der Waals surface area contributed by atoms with Gasteiger partial charge in [0.1, 0.15) is 5.69 Å². The number of likely N-dealkylation sites (tertiary alicyclic amines) is 1. The Balaban J connectivity index is 1.51. The van der Waals surface area contributed by atoms with Gasteiger partial charge in [-0.2, -0.15) is 0 Å². The highest BCUT2D eigenvalue weighted by atomic mass is 16.5. The third-order valence-electron chi connectivity index (χ3n) is 5.10. The SMILES string of the molecule is O=C(O)[C@@]12CN(Cc3cc(-c4cccnc4)no3)C[C@]1(C(=O)O)C2. The Hall–Kier alpha value is -2.74. The van der Waals surface area contributed by atoms with Crippen molar-refractivity contribution in [2.24, 2.45) is 10.8 Å². The predicted molar refractivity (Wildman–Crippen MR) is 79.8 cm³/mol. The summed E-state index contributed by atoms with van der Waals surface area (Å²) in [4.78, 5) is 28.9. The van der Waals surface area contributed by atoms with Gasteiger partial charge in [0.15, 0.2) is 5.76 Å². The van der Waals surface area contributed by atoms with Crippen molar-refractivity contribution in [3.8, 4) is 11.3 Å². The molecule has 1 saturated carbocycles. The van der Waals surface area contributed by atoms with E-state index in [0.717, 1.165) is 5.56 Å². The van der Waals surface area contributed by atoms with Crippen molar-refractivity contribution in [1.82, 2.24) is 15.0 Å². The van der Waals surface area contributed by atoms with Crippen molar-refractivity contribution < 1.29 is 24.3 Å². The van der Waals surface area contributed by atoms with E-state index in [1.807, 2.05) is 6.07 Å². The normalized spacial score (nSPS) is 28.5. The highest BCUT2D eigenvalue weighted by molar-refractivity contribution is 5.94. The molecule has 0 bridgehead atoms. The smallest absolute Gasteiger partial charge is 0.312 e. The Morgan fingerprint density at radius 1 is 1.25 bits per heavy atom. The quantitative estimate of drug-likeness (QED) is 0.837. The Kier molecular flexibility index (Phi) is 3.01. The van der Waals surface area contributed by atoms with Crippen LogP contribution in [0.5, 0.6) is 0 Å². The van der Waals surface area contributed by atoms with E-state index >= 15 is 0 Å². The molecule has 0 radical (unpaired) electrons. The molecule has 3 heterocycles. The van der Waals surface area contributed by atoms with Gasteiger partial charge in [-0.3, -0.25) is 19.5 Å². The number of fused-ring (bicyclic) bond motifs is 1. The average Bonchev–Trinajstić information content (AvgIpc) is 2.89. The van der Waals surface area contributed by atoms with Crippen LogP contribution < -0.4 is 0 Å². The van der Waals surface area contributed by atoms with Crippen LogP contribution in [-0.2, 0) is 16.1 Å². The Morgan fingerprint density at radius 2 is 1.96 bits per heavy atom. The lowest BCUT2D eigenvalue weighted by Crippen LogP contribution is -2.28. The van der Waals surface area contributed by atoms with Crippen LogP contribution in [0.4, 0.5) is 0 Å². The number of hydrogen-bond donors (Lipinski definition) is 2. The molecular weight excluding hydrogens is 314 g/mol. The molecule has 24 heavy (non-hydrogen) atoms. The van der Waals surface area contributed by atoms with Crippen LogP contribution in [0.25, 0.3) is 11.3 Å². The van der Waals surface area contributed by atoms with Gasteiger partial charge < -0.3 is 14.7 Å². The first-order chi connectivity index (χ1) is 11.5. The summed E-state index contributed by atoms with van der Waals surface area (Å²) in [6, 6.07) is 5.42. The van der Waals surface area contributed by atoms with E-state index in [-0.39, 0.29) is 19.5 Å². The minimum Gasteiger partial charge on any atom is -0.481 e. The molecule has 2 fully saturated rings. The molecule has 2 aromatic heterocycles. The lowest BCUT2D eigenvalue weighted by atomic mass is 9.97. The maximum Gasteiger partial charge on any atom is 0.312 e. The van der Waals surface area contributed by atoms with Crippen molar-refractivity contribution in [2.45, 2.75) is 13.0 Å². The van der Waals surface area contributed by atoms with E-state index in [1.165, 1.54) is 0 Å². The van der Waals surface area contributed by atoms with Crippen molar-refractivity contribution in [2.75, 3.05) is 13.1 Å². The number of aromatic nitrogens is 2. The van der Waals surface area contributed by atoms with Gasteiger partial charge in [-0.15, -0.1) is 0 Å². The highest BCUT2D eigenvalue weighted by Crippen LogP contribution is 2.68. The Bertz CT molecular complexity index is 792. The maximum atomic E-state index is 11.5. The number of rotatable bonds is 5. The lowest BCUT2D eigenvalue weighted by Gasteiger charge is -2.17. The van der Waals surface area contributed by atoms with Crippen LogP contribution >= 0.6 is 0 Å². The van der Waals surface area contributed by atoms with Gasteiger partial charge in [-0.25, -0.2) is 0 Å². The second-order valence-corrected chi connectivity index (χ2v) is 6.52. The molecule has 1 aliphatic carbocycles. The van der Waals surface area contributed by atoms with Crippen LogP contribution in [0.3, 0.4) is 0 Å². The molecule has 8 heteroatoms. The predicted octanol–water partition coefficient (Wildman–Crippen LogP) is 1.10. The number of aliphatic carboxylic acids is 2. The summed E-state index contributed by atoms with van der Waals surface area (Å²) >= 11 is 0. The second-order valence-electron chi connectivity index (χ2n) is 6.52. The summed E-state index contributed by atoms with van der Waals surface area (Å²) in [7, 11) is 0. The summed E-state index contributed by atoms with van der Waals surface area (Å²) in [5.74, 6) is -1.52. The van der Waals surface area contributed by atoms with Gasteiger partial charge >= 0.3 is 11.9 Å². The molecule has 2 aliphatic rings. The maximum absolute atomic E-state index is 11.5. The molecule has 4 rings (SSSR count). The third kappa shape index (κ3) is 1.96. The number of hydrogen-bond acceptors (Lipinski definition) is 6. The minimum absolute atomic E-state index is 0.193. The summed E-state index contributed by atoms with van der Waals surface area (Å²) < 4.78 is 5.30. The molecule has 0 spiro atoms. The standard InChI is InChI=1S/C16H15N3O5/c20-13(21)15-7-16(15,14(22)23)9-19(8-15)6-11-4-12(18-24-11)10-2-1-3-17-5-10/h1-5H,6-9H2,(H,20,21)(H,22,23)/t15-,16+. The fraction of sp³-hybridized carbons (Fsp3) is 0.375. The molecular formula is C16H15N3O5. The monoisotopic (exact) mass is 329 g/mol. The molecule has 124 valence electrons. The van der Waals surface area contributed by atoms with Crippen LogP contribution in [0, 0.1) is 10.8 Å². The summed E-state index contributed by atoms with van der Waals surface area (Å²) in [5, 5.41) is 22.9. The van der Waals surface area contributed by atoms with E-state index in [0.29, 0.717) is 18.0 Å². The van der Waals surface area contributed by atoms with Crippen molar-refractivity contribution in [3.63, 3.8) is 0 Å². The van der Waals surface area contributed by atoms with Crippen molar-refractivity contribution in [3.05, 3.63) is 36.4 Å². The van der Waals surface area contributed by atoms with Crippen LogP contribution in [0.1, 0.15) is 12.2 Å². The molecule has 0 aromatic carbocycles. The van der Waals surface area contributed by atoms with Gasteiger partial charge in [0.05, 0.1) is 17.4 Å². The highest BCUT2D eigenvalue weighted by Gasteiger charge is 2.80. The minimum atomic E-state index is -1.18. The number of piperidine rings is 1. The molecule has 1 saturated heterocycles. The largest absolute Gasteiger partial charge is 0.481 e. The topological polar surface area (TPSA) is 117 Å².